The van der Waals surface area contributed by atoms with Crippen LogP contribution in [0.15, 0.2) is 12.4 Å². The maximum absolute atomic E-state index is 12.9. The van der Waals surface area contributed by atoms with Crippen LogP contribution in [0.4, 0.5) is 36.7 Å². The first-order chi connectivity index (χ1) is 15.9. The summed E-state index contributed by atoms with van der Waals surface area (Å²) in [5.74, 6) is -4.57. The molecule has 0 radical (unpaired) electrons. The number of carboxylic acid groups (broad SMARTS) is 2. The molecule has 16 heteroatoms. The monoisotopic (exact) mass is 521 g/mol. The van der Waals surface area contributed by atoms with Crippen LogP contribution in [-0.2, 0) is 9.59 Å². The van der Waals surface area contributed by atoms with E-state index in [9.17, 15) is 30.7 Å². The van der Waals surface area contributed by atoms with Crippen molar-refractivity contribution in [2.75, 3.05) is 45.7 Å². The molecule has 1 aromatic heterocycles. The van der Waals surface area contributed by atoms with Gasteiger partial charge in [0.2, 0.25) is 5.95 Å². The molecule has 0 aliphatic carbocycles. The van der Waals surface area contributed by atoms with Gasteiger partial charge in [-0.15, -0.1) is 0 Å². The highest BCUT2D eigenvalue weighted by Crippen LogP contribution is 2.35. The summed E-state index contributed by atoms with van der Waals surface area (Å²) < 4.78 is 76.4. The molecule has 0 amide bonds. The molecule has 0 spiro atoms. The fourth-order valence-electron chi connectivity index (χ4n) is 3.85. The molecule has 200 valence electrons. The first-order valence-electron chi connectivity index (χ1n) is 10.1. The molecule has 2 aliphatic rings. The van der Waals surface area contributed by atoms with Crippen molar-refractivity contribution in [3.05, 3.63) is 18.2 Å². The second kappa shape index (κ2) is 12.3. The lowest BCUT2D eigenvalue weighted by atomic mass is 9.92. The lowest BCUT2D eigenvalue weighted by molar-refractivity contribution is -0.193. The van der Waals surface area contributed by atoms with Crippen LogP contribution in [0.25, 0.3) is 0 Å². The van der Waals surface area contributed by atoms with Crippen LogP contribution in [0.5, 0.6) is 0 Å². The molecule has 0 aromatic carbocycles. The molecule has 2 fully saturated rings. The quantitative estimate of drug-likeness (QED) is 0.580. The van der Waals surface area contributed by atoms with Crippen molar-refractivity contribution in [1.82, 2.24) is 19.8 Å². The second-order valence-electron chi connectivity index (χ2n) is 8.19. The highest BCUT2D eigenvalue weighted by atomic mass is 19.4. The van der Waals surface area contributed by atoms with Gasteiger partial charge in [0.05, 0.1) is 12.4 Å². The molecule has 0 bridgehead atoms. The Hall–Kier alpha value is -2.75. The number of rotatable bonds is 3. The predicted octanol–water partition coefficient (Wildman–Crippen LogP) is 2.34. The summed E-state index contributed by atoms with van der Waals surface area (Å²) in [6.07, 6.45) is -5.31. The Morgan fingerprint density at radius 3 is 1.91 bits per heavy atom. The lowest BCUT2D eigenvalue weighted by Crippen LogP contribution is -2.46. The van der Waals surface area contributed by atoms with Gasteiger partial charge in [-0.3, -0.25) is 4.90 Å². The smallest absolute Gasteiger partial charge is 0.475 e. The number of aliphatic carboxylic acids is 2. The van der Waals surface area contributed by atoms with Crippen LogP contribution < -0.4 is 4.90 Å². The van der Waals surface area contributed by atoms with E-state index >= 15 is 0 Å². The average molecular weight is 521 g/mol. The summed E-state index contributed by atoms with van der Waals surface area (Å²) in [5, 5.41) is 14.2. The highest BCUT2D eigenvalue weighted by molar-refractivity contribution is 5.73. The normalized spacial score (nSPS) is 22.5. The van der Waals surface area contributed by atoms with Crippen molar-refractivity contribution < 1.29 is 50.5 Å². The number of carboxylic acids is 2. The van der Waals surface area contributed by atoms with Gasteiger partial charge in [-0.1, -0.05) is 0 Å². The molecule has 0 unspecified atom stereocenters. The van der Waals surface area contributed by atoms with Crippen LogP contribution in [0.2, 0.25) is 0 Å². The van der Waals surface area contributed by atoms with Gasteiger partial charge in [-0.25, -0.2) is 23.9 Å². The second-order valence-corrected chi connectivity index (χ2v) is 8.19. The Balaban J connectivity index is 0.000000362. The lowest BCUT2D eigenvalue weighted by Gasteiger charge is -2.37. The number of likely N-dealkylation sites (N-methyl/N-ethyl adjacent to an activating group) is 2. The molecule has 35 heavy (non-hydrogen) atoms. The van der Waals surface area contributed by atoms with Crippen LogP contribution in [0, 0.1) is 11.7 Å². The maximum Gasteiger partial charge on any atom is 0.490 e. The topological polar surface area (TPSA) is 110 Å². The molecule has 3 atom stereocenters. The third kappa shape index (κ3) is 9.79. The number of piperidine rings is 1. The molecule has 0 saturated carbocycles. The third-order valence-electron chi connectivity index (χ3n) is 5.32. The van der Waals surface area contributed by atoms with E-state index in [0.29, 0.717) is 23.9 Å². The van der Waals surface area contributed by atoms with Crippen molar-refractivity contribution in [2.24, 2.45) is 5.92 Å². The van der Waals surface area contributed by atoms with E-state index in [0.717, 1.165) is 26.1 Å². The summed E-state index contributed by atoms with van der Waals surface area (Å²) in [7, 11) is 6.52. The predicted molar refractivity (Wildman–Crippen MR) is 108 cm³/mol. The van der Waals surface area contributed by atoms with E-state index in [4.69, 9.17) is 19.8 Å². The number of hydrogen-bond acceptors (Lipinski definition) is 7. The van der Waals surface area contributed by atoms with Gasteiger partial charge in [-0.05, 0) is 39.9 Å². The molecular formula is C19H26F7N5O4. The number of nitrogens with zero attached hydrogens (tertiary/aromatic N) is 5. The van der Waals surface area contributed by atoms with Crippen LogP contribution in [0.1, 0.15) is 12.8 Å². The van der Waals surface area contributed by atoms with Crippen LogP contribution in [-0.4, -0.2) is 107 Å². The largest absolute Gasteiger partial charge is 0.490 e. The van der Waals surface area contributed by atoms with Crippen LogP contribution >= 0.6 is 0 Å². The van der Waals surface area contributed by atoms with Gasteiger partial charge < -0.3 is 20.0 Å². The van der Waals surface area contributed by atoms with Gasteiger partial charge in [0.15, 0.2) is 5.82 Å². The SMILES string of the molecule is CN(C)C[C@@H]1C[C@@H]2CN(c3ncc(F)cn3)CC[C@@H]2N1C.O=C(O)C(F)(F)F.O=C(O)C(F)(F)F. The molecule has 1 aromatic rings. The first-order valence-corrected chi connectivity index (χ1v) is 10.1. The van der Waals surface area contributed by atoms with E-state index in [1.54, 1.807) is 0 Å². The van der Waals surface area contributed by atoms with E-state index in [1.807, 2.05) is 0 Å². The van der Waals surface area contributed by atoms with E-state index < -0.39 is 24.3 Å². The zero-order valence-electron chi connectivity index (χ0n) is 19.0. The van der Waals surface area contributed by atoms with Gasteiger partial charge in [0.25, 0.3) is 0 Å². The zero-order chi connectivity index (χ0) is 27.1. The standard InChI is InChI=1S/C15H24FN5.2C2HF3O2/c1-19(2)10-13-6-11-9-21(5-4-14(11)20(13)3)15-17-7-12(16)8-18-15;2*3-2(4,5)1(6)7/h7-8,11,13-14H,4-6,9-10H2,1-3H3;2*(H,6,7)/t11-,13+,14+;;/m1../s1. The van der Waals surface area contributed by atoms with Crippen molar-refractivity contribution >= 4 is 17.9 Å². The van der Waals surface area contributed by atoms with Gasteiger partial charge >= 0.3 is 24.3 Å². The first kappa shape index (κ1) is 30.3. The Kier molecular flexibility index (Phi) is 10.6. The fourth-order valence-corrected chi connectivity index (χ4v) is 3.85. The summed E-state index contributed by atoms with van der Waals surface area (Å²) in [6, 6.07) is 1.29. The van der Waals surface area contributed by atoms with E-state index in [1.165, 1.54) is 18.8 Å². The van der Waals surface area contributed by atoms with Crippen molar-refractivity contribution in [2.45, 2.75) is 37.3 Å². The fraction of sp³-hybridized carbons (Fsp3) is 0.684. The van der Waals surface area contributed by atoms with Crippen molar-refractivity contribution in [3.8, 4) is 0 Å². The molecule has 2 N–H and O–H groups in total. The number of alkyl halides is 6. The molecule has 2 saturated heterocycles. The Morgan fingerprint density at radius 2 is 1.51 bits per heavy atom. The number of carbonyl (C=O) groups is 2. The minimum atomic E-state index is -5.08. The molecule has 9 nitrogen and oxygen atoms in total. The third-order valence-corrected chi connectivity index (χ3v) is 5.32. The minimum Gasteiger partial charge on any atom is -0.475 e. The number of aromatic nitrogens is 2. The summed E-state index contributed by atoms with van der Waals surface area (Å²) in [6.45, 7) is 3.03. The molecule has 3 heterocycles. The number of halogens is 7. The number of anilines is 1. The molecule has 3 rings (SSSR count). The Labute approximate surface area is 196 Å². The summed E-state index contributed by atoms with van der Waals surface area (Å²) in [5.41, 5.74) is 0. The number of hydrogen-bond donors (Lipinski definition) is 2. The average Bonchev–Trinajstić information content (AvgIpc) is 3.02. The molecular weight excluding hydrogens is 495 g/mol. The van der Waals surface area contributed by atoms with Crippen LogP contribution in [0.3, 0.4) is 0 Å². The Morgan fingerprint density at radius 1 is 1.06 bits per heavy atom. The molecule has 2 aliphatic heterocycles. The summed E-state index contributed by atoms with van der Waals surface area (Å²) in [4.78, 5) is 33.0. The van der Waals surface area contributed by atoms with Gasteiger partial charge in [0.1, 0.15) is 0 Å². The van der Waals surface area contributed by atoms with Gasteiger partial charge in [-0.2, -0.15) is 26.3 Å². The minimum absolute atomic E-state index is 0.375. The number of fused-ring (bicyclic) bond motifs is 1. The van der Waals surface area contributed by atoms with Gasteiger partial charge in [0, 0.05) is 31.7 Å². The van der Waals surface area contributed by atoms with E-state index in [-0.39, 0.29) is 5.82 Å². The van der Waals surface area contributed by atoms with Crippen molar-refractivity contribution in [3.63, 3.8) is 0 Å². The number of likely N-dealkylation sites (tertiary alicyclic amines) is 1. The maximum atomic E-state index is 12.9. The Bertz CT molecular complexity index is 812. The van der Waals surface area contributed by atoms with Crippen molar-refractivity contribution in [1.29, 1.82) is 0 Å². The summed E-state index contributed by atoms with van der Waals surface area (Å²) >= 11 is 0. The van der Waals surface area contributed by atoms with E-state index in [2.05, 4.69) is 45.8 Å². The highest BCUT2D eigenvalue weighted by Gasteiger charge is 2.42. The zero-order valence-corrected chi connectivity index (χ0v) is 19.0.